The third-order valence-corrected chi connectivity index (χ3v) is 4.90. The van der Waals surface area contributed by atoms with Crippen LogP contribution in [0.1, 0.15) is 6.23 Å². The number of anilines is 2. The number of ether oxygens (including phenoxy) is 1. The van der Waals surface area contributed by atoms with E-state index in [9.17, 15) is 14.8 Å². The molecule has 1 aromatic carbocycles. The van der Waals surface area contributed by atoms with Crippen molar-refractivity contribution in [3.8, 4) is 0 Å². The Hall–Kier alpha value is -2.44. The molecule has 3 aromatic rings. The molecule has 1 aliphatic rings. The molecule has 3 heterocycles. The number of hydrogen-bond acceptors (Lipinski definition) is 9. The summed E-state index contributed by atoms with van der Waals surface area (Å²) in [7, 11) is -4.74. The van der Waals surface area contributed by atoms with Gasteiger partial charge >= 0.3 is 7.82 Å². The highest BCUT2D eigenvalue weighted by molar-refractivity contribution is 7.46. The Morgan fingerprint density at radius 1 is 1.14 bits per heavy atom. The molecule has 1 fully saturated rings. The minimum absolute atomic E-state index is 0.339. The van der Waals surface area contributed by atoms with Gasteiger partial charge in [0.15, 0.2) is 23.2 Å². The summed E-state index contributed by atoms with van der Waals surface area (Å²) in [4.78, 5) is 30.3. The number of para-hydroxylation sites is 1. The van der Waals surface area contributed by atoms with Gasteiger partial charge in [0.25, 0.3) is 0 Å². The van der Waals surface area contributed by atoms with Crippen molar-refractivity contribution >= 4 is 30.5 Å². The number of rotatable bonds is 6. The standard InChI is InChI=1S/C16H18N5O7P/c22-12-10(6-27-29(24,25)26)28-16(13(12)23)21-8-19-11-14(17-7-18-15(11)21)20-9-4-2-1-3-5-9/h1-5,7-8,10,12-13,16,22-23H,6H2,(H,17,18,20)(H2,24,25,26). The fourth-order valence-electron chi connectivity index (χ4n) is 3.06. The predicted octanol–water partition coefficient (Wildman–Crippen LogP) is 0.298. The molecule has 0 saturated carbocycles. The van der Waals surface area contributed by atoms with Gasteiger partial charge in [0.05, 0.1) is 12.9 Å². The summed E-state index contributed by atoms with van der Waals surface area (Å²) >= 11 is 0. The minimum atomic E-state index is -4.74. The van der Waals surface area contributed by atoms with Gasteiger partial charge in [-0.3, -0.25) is 9.09 Å². The molecule has 0 bridgehead atoms. The first-order valence-electron chi connectivity index (χ1n) is 8.55. The molecule has 0 spiro atoms. The van der Waals surface area contributed by atoms with Gasteiger partial charge in [-0.15, -0.1) is 0 Å². The van der Waals surface area contributed by atoms with E-state index >= 15 is 0 Å². The van der Waals surface area contributed by atoms with E-state index in [1.54, 1.807) is 0 Å². The third-order valence-electron chi connectivity index (χ3n) is 4.41. The van der Waals surface area contributed by atoms with Crippen molar-refractivity contribution in [2.45, 2.75) is 24.5 Å². The number of nitrogens with zero attached hydrogens (tertiary/aromatic N) is 4. The number of benzene rings is 1. The van der Waals surface area contributed by atoms with E-state index in [1.165, 1.54) is 17.2 Å². The fourth-order valence-corrected chi connectivity index (χ4v) is 3.40. The normalized spacial score (nSPS) is 24.8. The van der Waals surface area contributed by atoms with Crippen molar-refractivity contribution in [2.24, 2.45) is 0 Å². The van der Waals surface area contributed by atoms with E-state index in [1.807, 2.05) is 30.3 Å². The zero-order valence-electron chi connectivity index (χ0n) is 14.8. The summed E-state index contributed by atoms with van der Waals surface area (Å²) < 4.78 is 22.2. The number of fused-ring (bicyclic) bond motifs is 1. The van der Waals surface area contributed by atoms with Crippen molar-refractivity contribution < 1.29 is 33.8 Å². The lowest BCUT2D eigenvalue weighted by Crippen LogP contribution is -2.33. The number of aromatic nitrogens is 4. The average molecular weight is 423 g/mol. The SMILES string of the molecule is O=P(O)(O)OCC1OC(n2cnc3c(Nc4ccccc4)ncnc32)C(O)C1O. The Labute approximate surface area is 164 Å². The number of imidazole rings is 1. The molecule has 0 aliphatic carbocycles. The van der Waals surface area contributed by atoms with Gasteiger partial charge in [0, 0.05) is 5.69 Å². The van der Waals surface area contributed by atoms with Crippen molar-refractivity contribution in [1.82, 2.24) is 19.5 Å². The summed E-state index contributed by atoms with van der Waals surface area (Å²) in [6.07, 6.45) is -2.35. The monoisotopic (exact) mass is 423 g/mol. The van der Waals surface area contributed by atoms with Crippen LogP contribution >= 0.6 is 7.82 Å². The van der Waals surface area contributed by atoms with Gasteiger partial charge in [0.1, 0.15) is 24.6 Å². The topological polar surface area (TPSA) is 172 Å². The lowest BCUT2D eigenvalue weighted by molar-refractivity contribution is -0.0504. The van der Waals surface area contributed by atoms with Gasteiger partial charge < -0.3 is 30.1 Å². The molecule has 12 nitrogen and oxygen atoms in total. The summed E-state index contributed by atoms with van der Waals surface area (Å²) in [5.74, 6) is 0.439. The number of aliphatic hydroxyl groups is 2. The lowest BCUT2D eigenvalue weighted by atomic mass is 10.1. The number of hydrogen-bond donors (Lipinski definition) is 5. The highest BCUT2D eigenvalue weighted by Gasteiger charge is 2.45. The zero-order valence-corrected chi connectivity index (χ0v) is 15.7. The van der Waals surface area contributed by atoms with E-state index in [2.05, 4.69) is 24.8 Å². The van der Waals surface area contributed by atoms with Crippen LogP contribution < -0.4 is 5.32 Å². The zero-order chi connectivity index (χ0) is 20.6. The van der Waals surface area contributed by atoms with Crippen molar-refractivity contribution in [3.63, 3.8) is 0 Å². The molecular formula is C16H18N5O7P. The molecule has 4 rings (SSSR count). The van der Waals surface area contributed by atoms with Crippen LogP contribution in [0.5, 0.6) is 0 Å². The summed E-state index contributed by atoms with van der Waals surface area (Å²) in [6.45, 7) is -0.596. The van der Waals surface area contributed by atoms with Crippen LogP contribution in [0.4, 0.5) is 11.5 Å². The number of nitrogens with one attached hydrogen (secondary N) is 1. The van der Waals surface area contributed by atoms with Crippen LogP contribution in [0.3, 0.4) is 0 Å². The first kappa shape index (κ1) is 19.9. The molecule has 4 unspecified atom stereocenters. The largest absolute Gasteiger partial charge is 0.469 e. The van der Waals surface area contributed by atoms with Crippen LogP contribution in [-0.4, -0.2) is 64.4 Å². The molecule has 0 radical (unpaired) electrons. The molecule has 0 amide bonds. The first-order valence-corrected chi connectivity index (χ1v) is 10.1. The Kier molecular flexibility index (Phi) is 5.32. The van der Waals surface area contributed by atoms with Crippen molar-refractivity contribution in [1.29, 1.82) is 0 Å². The van der Waals surface area contributed by atoms with E-state index < -0.39 is 39.0 Å². The Morgan fingerprint density at radius 2 is 1.90 bits per heavy atom. The number of phosphoric acid groups is 1. The van der Waals surface area contributed by atoms with E-state index in [0.717, 1.165) is 5.69 Å². The second-order valence-corrected chi connectivity index (χ2v) is 7.61. The van der Waals surface area contributed by atoms with E-state index in [0.29, 0.717) is 17.0 Å². The van der Waals surface area contributed by atoms with E-state index in [4.69, 9.17) is 14.5 Å². The highest BCUT2D eigenvalue weighted by atomic mass is 31.2. The van der Waals surface area contributed by atoms with Gasteiger partial charge in [-0.2, -0.15) is 0 Å². The Balaban J connectivity index is 1.60. The second kappa shape index (κ2) is 7.76. The van der Waals surface area contributed by atoms with Gasteiger partial charge in [-0.05, 0) is 12.1 Å². The molecule has 1 aliphatic heterocycles. The maximum absolute atomic E-state index is 10.9. The van der Waals surface area contributed by atoms with Crippen LogP contribution in [0, 0.1) is 0 Å². The van der Waals surface area contributed by atoms with Crippen LogP contribution in [0.25, 0.3) is 11.2 Å². The van der Waals surface area contributed by atoms with Crippen LogP contribution in [0.15, 0.2) is 43.0 Å². The first-order chi connectivity index (χ1) is 13.8. The third kappa shape index (κ3) is 4.14. The molecule has 4 atom stereocenters. The molecule has 154 valence electrons. The van der Waals surface area contributed by atoms with Crippen LogP contribution in [-0.2, 0) is 13.8 Å². The molecule has 1 saturated heterocycles. The molecule has 13 heteroatoms. The van der Waals surface area contributed by atoms with Crippen molar-refractivity contribution in [2.75, 3.05) is 11.9 Å². The highest BCUT2D eigenvalue weighted by Crippen LogP contribution is 2.39. The molecular weight excluding hydrogens is 405 g/mol. The van der Waals surface area contributed by atoms with Crippen molar-refractivity contribution in [3.05, 3.63) is 43.0 Å². The van der Waals surface area contributed by atoms with Gasteiger partial charge in [0.2, 0.25) is 0 Å². The number of phosphoric ester groups is 1. The lowest BCUT2D eigenvalue weighted by Gasteiger charge is -2.16. The quantitative estimate of drug-likeness (QED) is 0.345. The maximum atomic E-state index is 10.9. The smallest absolute Gasteiger partial charge is 0.387 e. The summed E-state index contributed by atoms with van der Waals surface area (Å²) in [5.41, 5.74) is 1.55. The van der Waals surface area contributed by atoms with Gasteiger partial charge in [-0.25, -0.2) is 19.5 Å². The summed E-state index contributed by atoms with van der Waals surface area (Å²) in [5, 5.41) is 23.6. The van der Waals surface area contributed by atoms with E-state index in [-0.39, 0.29) is 0 Å². The second-order valence-electron chi connectivity index (χ2n) is 6.37. The minimum Gasteiger partial charge on any atom is -0.387 e. The predicted molar refractivity (Wildman–Crippen MR) is 99.0 cm³/mol. The fraction of sp³-hybridized carbons (Fsp3) is 0.312. The molecule has 5 N–H and O–H groups in total. The van der Waals surface area contributed by atoms with Crippen LogP contribution in [0.2, 0.25) is 0 Å². The average Bonchev–Trinajstić information content (AvgIpc) is 3.23. The number of aliphatic hydroxyl groups excluding tert-OH is 2. The Bertz CT molecular complexity index is 1040. The molecule has 29 heavy (non-hydrogen) atoms. The Morgan fingerprint density at radius 3 is 2.62 bits per heavy atom. The summed E-state index contributed by atoms with van der Waals surface area (Å²) in [6, 6.07) is 9.33. The maximum Gasteiger partial charge on any atom is 0.469 e. The molecule has 2 aromatic heterocycles. The van der Waals surface area contributed by atoms with Gasteiger partial charge in [-0.1, -0.05) is 18.2 Å².